The lowest BCUT2D eigenvalue weighted by Crippen LogP contribution is -2.01. The van der Waals surface area contributed by atoms with Gasteiger partial charge in [-0.05, 0) is 24.9 Å². The molecule has 0 atom stereocenters. The molecular formula is C11H10ClFN2O2S. The Hall–Kier alpha value is -1.40. The highest BCUT2D eigenvalue weighted by molar-refractivity contribution is 7.78. The molecule has 0 unspecified atom stereocenters. The van der Waals surface area contributed by atoms with Crippen LogP contribution in [0.1, 0.15) is 5.56 Å². The van der Waals surface area contributed by atoms with Gasteiger partial charge in [0.05, 0.1) is 10.6 Å². The van der Waals surface area contributed by atoms with Crippen LogP contribution >= 0.6 is 24.4 Å². The summed E-state index contributed by atoms with van der Waals surface area (Å²) in [5, 5.41) is 4.38. The summed E-state index contributed by atoms with van der Waals surface area (Å²) in [6, 6.07) is 6.64. The second kappa shape index (κ2) is 5.97. The molecule has 2 aromatic rings. The minimum absolute atomic E-state index is 0.139. The molecule has 0 bridgehead atoms. The largest absolute Gasteiger partial charge is 0.472 e. The number of rotatable bonds is 5. The van der Waals surface area contributed by atoms with Gasteiger partial charge in [-0.3, -0.25) is 0 Å². The highest BCUT2D eigenvalue weighted by Gasteiger charge is 2.10. The SMILES string of the molecule is FCOc1cccc(Cl)c1COc1ccn(S)n1. The third-order valence-electron chi connectivity index (χ3n) is 2.20. The lowest BCUT2D eigenvalue weighted by molar-refractivity contribution is 0.185. The van der Waals surface area contributed by atoms with Crippen molar-refractivity contribution in [2.75, 3.05) is 6.86 Å². The fourth-order valence-electron chi connectivity index (χ4n) is 1.39. The molecule has 0 radical (unpaired) electrons. The second-order valence-electron chi connectivity index (χ2n) is 3.33. The first-order valence-electron chi connectivity index (χ1n) is 5.04. The average Bonchev–Trinajstić information content (AvgIpc) is 2.75. The number of alkyl halides is 1. The molecule has 0 aliphatic carbocycles. The van der Waals surface area contributed by atoms with E-state index in [0.29, 0.717) is 22.2 Å². The zero-order valence-corrected chi connectivity index (χ0v) is 10.9. The summed E-state index contributed by atoms with van der Waals surface area (Å²) >= 11 is 10.00. The summed E-state index contributed by atoms with van der Waals surface area (Å²) in [5.41, 5.74) is 0.575. The normalized spacial score (nSPS) is 10.4. The van der Waals surface area contributed by atoms with Crippen molar-refractivity contribution >= 4 is 24.4 Å². The van der Waals surface area contributed by atoms with E-state index in [1.165, 1.54) is 4.09 Å². The third-order valence-corrected chi connectivity index (χ3v) is 2.78. The Labute approximate surface area is 114 Å². The van der Waals surface area contributed by atoms with Crippen molar-refractivity contribution in [3.8, 4) is 11.6 Å². The third kappa shape index (κ3) is 3.08. The molecule has 0 N–H and O–H groups in total. The average molecular weight is 289 g/mol. The first-order valence-corrected chi connectivity index (χ1v) is 5.82. The van der Waals surface area contributed by atoms with Crippen molar-refractivity contribution in [2.45, 2.75) is 6.61 Å². The zero-order chi connectivity index (χ0) is 13.0. The molecule has 0 spiro atoms. The molecule has 4 nitrogen and oxygen atoms in total. The van der Waals surface area contributed by atoms with Gasteiger partial charge < -0.3 is 9.47 Å². The van der Waals surface area contributed by atoms with E-state index < -0.39 is 6.86 Å². The highest BCUT2D eigenvalue weighted by atomic mass is 35.5. The van der Waals surface area contributed by atoms with Crippen LogP contribution in [-0.2, 0) is 6.61 Å². The molecule has 18 heavy (non-hydrogen) atoms. The van der Waals surface area contributed by atoms with Gasteiger partial charge in [0.25, 0.3) is 0 Å². The lowest BCUT2D eigenvalue weighted by Gasteiger charge is -2.10. The molecule has 96 valence electrons. The van der Waals surface area contributed by atoms with E-state index >= 15 is 0 Å². The number of ether oxygens (including phenoxy) is 2. The van der Waals surface area contributed by atoms with E-state index in [1.54, 1.807) is 30.5 Å². The van der Waals surface area contributed by atoms with Crippen LogP contribution < -0.4 is 9.47 Å². The van der Waals surface area contributed by atoms with E-state index in [-0.39, 0.29) is 6.61 Å². The number of halogens is 2. The van der Waals surface area contributed by atoms with Crippen molar-refractivity contribution in [3.63, 3.8) is 0 Å². The maximum Gasteiger partial charge on any atom is 0.234 e. The second-order valence-corrected chi connectivity index (χ2v) is 4.15. The van der Waals surface area contributed by atoms with Gasteiger partial charge in [0, 0.05) is 12.3 Å². The van der Waals surface area contributed by atoms with Crippen molar-refractivity contribution in [2.24, 2.45) is 0 Å². The fourth-order valence-corrected chi connectivity index (χ4v) is 1.77. The summed E-state index contributed by atoms with van der Waals surface area (Å²) in [6.45, 7) is -0.779. The number of thiol groups is 1. The standard InChI is InChI=1S/C11H10ClFN2O2S/c12-9-2-1-3-10(17-7-13)8(9)6-16-11-4-5-15(18)14-11/h1-5,18H,6-7H2. The van der Waals surface area contributed by atoms with Crippen LogP contribution in [0.15, 0.2) is 30.5 Å². The Balaban J connectivity index is 2.12. The molecule has 0 aliphatic heterocycles. The van der Waals surface area contributed by atoms with Crippen molar-refractivity contribution in [1.82, 2.24) is 9.19 Å². The van der Waals surface area contributed by atoms with Crippen LogP contribution in [0, 0.1) is 0 Å². The zero-order valence-electron chi connectivity index (χ0n) is 9.22. The summed E-state index contributed by atoms with van der Waals surface area (Å²) in [6.07, 6.45) is 1.63. The van der Waals surface area contributed by atoms with Gasteiger partial charge >= 0.3 is 0 Å². The summed E-state index contributed by atoms with van der Waals surface area (Å²) < 4.78 is 23.8. The number of benzene rings is 1. The maximum absolute atomic E-state index is 12.2. The minimum atomic E-state index is -0.918. The van der Waals surface area contributed by atoms with Gasteiger partial charge in [0.2, 0.25) is 12.7 Å². The molecule has 1 aromatic carbocycles. The summed E-state index contributed by atoms with van der Waals surface area (Å²) in [7, 11) is 0. The van der Waals surface area contributed by atoms with E-state index in [9.17, 15) is 4.39 Å². The molecule has 0 fully saturated rings. The van der Waals surface area contributed by atoms with E-state index in [0.717, 1.165) is 0 Å². The first kappa shape index (κ1) is 13.0. The molecular weight excluding hydrogens is 279 g/mol. The number of aromatic nitrogens is 2. The molecule has 7 heteroatoms. The Bertz CT molecular complexity index is 536. The van der Waals surface area contributed by atoms with Gasteiger partial charge in [-0.2, -0.15) is 0 Å². The van der Waals surface area contributed by atoms with Crippen LogP contribution in [0.2, 0.25) is 5.02 Å². The smallest absolute Gasteiger partial charge is 0.234 e. The summed E-state index contributed by atoms with van der Waals surface area (Å²) in [4.78, 5) is 0. The topological polar surface area (TPSA) is 36.3 Å². The Morgan fingerprint density at radius 2 is 2.17 bits per heavy atom. The Morgan fingerprint density at radius 1 is 1.33 bits per heavy atom. The molecule has 1 aromatic heterocycles. The molecule has 0 saturated carbocycles. The number of hydrogen-bond donors (Lipinski definition) is 1. The summed E-state index contributed by atoms with van der Waals surface area (Å²) in [5.74, 6) is 0.756. The van der Waals surface area contributed by atoms with Crippen LogP contribution in [0.5, 0.6) is 11.6 Å². The van der Waals surface area contributed by atoms with Crippen molar-refractivity contribution < 1.29 is 13.9 Å². The van der Waals surface area contributed by atoms with Crippen molar-refractivity contribution in [1.29, 1.82) is 0 Å². The monoisotopic (exact) mass is 288 g/mol. The van der Waals surface area contributed by atoms with Crippen molar-refractivity contribution in [3.05, 3.63) is 41.0 Å². The van der Waals surface area contributed by atoms with Crippen LogP contribution in [-0.4, -0.2) is 16.0 Å². The minimum Gasteiger partial charge on any atom is -0.472 e. The van der Waals surface area contributed by atoms with Crippen LogP contribution in [0.4, 0.5) is 4.39 Å². The van der Waals surface area contributed by atoms with Gasteiger partial charge in [-0.1, -0.05) is 17.7 Å². The Kier molecular flexibility index (Phi) is 4.33. The molecule has 1 heterocycles. The fraction of sp³-hybridized carbons (Fsp3) is 0.182. The predicted octanol–water partition coefficient (Wildman–Crippen LogP) is 3.11. The van der Waals surface area contributed by atoms with Crippen LogP contribution in [0.3, 0.4) is 0 Å². The van der Waals surface area contributed by atoms with Gasteiger partial charge in [-0.25, -0.2) is 8.48 Å². The molecule has 0 saturated heterocycles. The van der Waals surface area contributed by atoms with E-state index in [1.807, 2.05) is 0 Å². The first-order chi connectivity index (χ1) is 8.70. The number of hydrogen-bond acceptors (Lipinski definition) is 4. The van der Waals surface area contributed by atoms with Gasteiger partial charge in [-0.15, -0.1) is 5.10 Å². The molecule has 0 amide bonds. The quantitative estimate of drug-likeness (QED) is 0.859. The van der Waals surface area contributed by atoms with E-state index in [4.69, 9.17) is 21.1 Å². The number of nitrogens with zero attached hydrogens (tertiary/aromatic N) is 2. The lowest BCUT2D eigenvalue weighted by atomic mass is 10.2. The Morgan fingerprint density at radius 3 is 2.83 bits per heavy atom. The maximum atomic E-state index is 12.2. The molecule has 0 aliphatic rings. The highest BCUT2D eigenvalue weighted by Crippen LogP contribution is 2.27. The van der Waals surface area contributed by atoms with Gasteiger partial charge in [0.1, 0.15) is 12.4 Å². The molecule has 2 rings (SSSR count). The predicted molar refractivity (Wildman–Crippen MR) is 69.0 cm³/mol. The van der Waals surface area contributed by atoms with Crippen LogP contribution in [0.25, 0.3) is 0 Å². The van der Waals surface area contributed by atoms with Gasteiger partial charge in [0.15, 0.2) is 0 Å². The van der Waals surface area contributed by atoms with E-state index in [2.05, 4.69) is 17.9 Å².